The molecule has 0 aliphatic heterocycles. The summed E-state index contributed by atoms with van der Waals surface area (Å²) in [4.78, 5) is -0.109. The fraction of sp³-hybridized carbons (Fsp3) is 0.143. The second kappa shape index (κ2) is 5.60. The maximum absolute atomic E-state index is 13.5. The molecule has 0 saturated heterocycles. The summed E-state index contributed by atoms with van der Waals surface area (Å²) in [5.41, 5.74) is 2.41. The Morgan fingerprint density at radius 3 is 2.22 bits per heavy atom. The predicted octanol–water partition coefficient (Wildman–Crippen LogP) is 5.93. The van der Waals surface area contributed by atoms with Gasteiger partial charge >= 0.3 is 0 Å². The molecule has 0 aromatic heterocycles. The minimum absolute atomic E-state index is 0.109. The van der Waals surface area contributed by atoms with Crippen molar-refractivity contribution in [3.8, 4) is 0 Å². The Bertz CT molecular complexity index is 533. The second-order valence-corrected chi connectivity index (χ2v) is 5.77. The van der Waals surface area contributed by atoms with E-state index in [0.717, 1.165) is 11.1 Å². The van der Waals surface area contributed by atoms with Crippen molar-refractivity contribution >= 4 is 39.1 Å². The van der Waals surface area contributed by atoms with Gasteiger partial charge in [0.05, 0.1) is 14.9 Å². The Morgan fingerprint density at radius 1 is 1.00 bits per heavy atom. The van der Waals surface area contributed by atoms with E-state index >= 15 is 0 Å². The first-order valence-corrected chi connectivity index (χ1v) is 7.01. The number of hydrogen-bond donors (Lipinski definition) is 0. The number of halogens is 4. The van der Waals surface area contributed by atoms with Crippen LogP contribution in [0.5, 0.6) is 0 Å². The van der Waals surface area contributed by atoms with E-state index < -0.39 is 0 Å². The minimum atomic E-state index is -0.211. The first-order chi connectivity index (χ1) is 8.49. The molecule has 0 aliphatic carbocycles. The van der Waals surface area contributed by atoms with Crippen LogP contribution in [0.15, 0.2) is 36.4 Å². The Balaban J connectivity index is 2.37. The summed E-state index contributed by atoms with van der Waals surface area (Å²) in [6.07, 6.45) is 0. The van der Waals surface area contributed by atoms with Crippen LogP contribution in [-0.4, -0.2) is 0 Å². The van der Waals surface area contributed by atoms with E-state index in [1.165, 1.54) is 6.07 Å². The third-order valence-corrected chi connectivity index (χ3v) is 4.52. The summed E-state index contributed by atoms with van der Waals surface area (Å²) in [5.74, 6) is -0.211. The van der Waals surface area contributed by atoms with Crippen LogP contribution in [0.2, 0.25) is 10.0 Å². The molecule has 2 aromatic rings. The summed E-state index contributed by atoms with van der Waals surface area (Å²) < 4.78 is 13.5. The van der Waals surface area contributed by atoms with E-state index in [2.05, 4.69) is 15.9 Å². The SMILES string of the molecule is Cc1ccc(C(Br)c2ccc(Cl)c(Cl)c2)cc1F. The maximum Gasteiger partial charge on any atom is 0.126 e. The average Bonchev–Trinajstić information content (AvgIpc) is 2.35. The highest BCUT2D eigenvalue weighted by atomic mass is 79.9. The fourth-order valence-corrected chi connectivity index (χ4v) is 2.51. The van der Waals surface area contributed by atoms with E-state index in [1.54, 1.807) is 25.1 Å². The van der Waals surface area contributed by atoms with Gasteiger partial charge in [-0.3, -0.25) is 0 Å². The largest absolute Gasteiger partial charge is 0.207 e. The molecule has 94 valence electrons. The highest BCUT2D eigenvalue weighted by molar-refractivity contribution is 9.09. The second-order valence-electron chi connectivity index (χ2n) is 4.04. The van der Waals surface area contributed by atoms with Crippen LogP contribution in [0.1, 0.15) is 21.5 Å². The van der Waals surface area contributed by atoms with Gasteiger partial charge in [0.1, 0.15) is 5.82 Å². The Hall–Kier alpha value is -0.570. The molecule has 1 atom stereocenters. The quantitative estimate of drug-likeness (QED) is 0.591. The number of alkyl halides is 1. The van der Waals surface area contributed by atoms with Crippen molar-refractivity contribution in [3.63, 3.8) is 0 Å². The van der Waals surface area contributed by atoms with E-state index in [0.29, 0.717) is 15.6 Å². The predicted molar refractivity (Wildman–Crippen MR) is 78.4 cm³/mol. The molecule has 0 bridgehead atoms. The number of benzene rings is 2. The van der Waals surface area contributed by atoms with Crippen molar-refractivity contribution in [2.45, 2.75) is 11.8 Å². The zero-order valence-electron chi connectivity index (χ0n) is 9.55. The monoisotopic (exact) mass is 346 g/mol. The smallest absolute Gasteiger partial charge is 0.126 e. The van der Waals surface area contributed by atoms with Gasteiger partial charge in [-0.25, -0.2) is 4.39 Å². The summed E-state index contributed by atoms with van der Waals surface area (Å²) in [6, 6.07) is 10.6. The molecule has 18 heavy (non-hydrogen) atoms. The highest BCUT2D eigenvalue weighted by Crippen LogP contribution is 2.34. The normalized spacial score (nSPS) is 12.5. The summed E-state index contributed by atoms with van der Waals surface area (Å²) in [6.45, 7) is 1.74. The van der Waals surface area contributed by atoms with Crippen LogP contribution in [0.4, 0.5) is 4.39 Å². The summed E-state index contributed by atoms with van der Waals surface area (Å²) in [5, 5.41) is 1.00. The lowest BCUT2D eigenvalue weighted by atomic mass is 10.0. The molecule has 0 fully saturated rings. The van der Waals surface area contributed by atoms with Crippen LogP contribution < -0.4 is 0 Å². The van der Waals surface area contributed by atoms with Crippen molar-refractivity contribution in [1.29, 1.82) is 0 Å². The van der Waals surface area contributed by atoms with Gasteiger partial charge in [0.25, 0.3) is 0 Å². The zero-order valence-corrected chi connectivity index (χ0v) is 12.7. The molecule has 0 aliphatic rings. The summed E-state index contributed by atoms with van der Waals surface area (Å²) in [7, 11) is 0. The van der Waals surface area contributed by atoms with E-state index in [1.807, 2.05) is 12.1 Å². The molecule has 0 nitrogen and oxygen atoms in total. The lowest BCUT2D eigenvalue weighted by Gasteiger charge is -2.12. The zero-order chi connectivity index (χ0) is 13.3. The fourth-order valence-electron chi connectivity index (χ4n) is 1.63. The first-order valence-electron chi connectivity index (χ1n) is 5.34. The molecular formula is C14H10BrCl2F. The Labute approximate surface area is 124 Å². The van der Waals surface area contributed by atoms with Gasteiger partial charge in [0.15, 0.2) is 0 Å². The maximum atomic E-state index is 13.5. The molecular weight excluding hydrogens is 338 g/mol. The van der Waals surface area contributed by atoms with Gasteiger partial charge in [-0.15, -0.1) is 0 Å². The molecule has 0 radical (unpaired) electrons. The van der Waals surface area contributed by atoms with Crippen LogP contribution in [0, 0.1) is 12.7 Å². The van der Waals surface area contributed by atoms with Gasteiger partial charge in [-0.2, -0.15) is 0 Å². The van der Waals surface area contributed by atoms with Crippen molar-refractivity contribution in [2.24, 2.45) is 0 Å². The molecule has 0 heterocycles. The summed E-state index contributed by atoms with van der Waals surface area (Å²) >= 11 is 15.4. The van der Waals surface area contributed by atoms with Crippen molar-refractivity contribution < 1.29 is 4.39 Å². The topological polar surface area (TPSA) is 0 Å². The van der Waals surface area contributed by atoms with Crippen LogP contribution in [0.3, 0.4) is 0 Å². The lowest BCUT2D eigenvalue weighted by molar-refractivity contribution is 0.616. The van der Waals surface area contributed by atoms with E-state index in [-0.39, 0.29) is 10.6 Å². The molecule has 0 N–H and O–H groups in total. The minimum Gasteiger partial charge on any atom is -0.207 e. The Kier molecular flexibility index (Phi) is 4.31. The molecule has 1 unspecified atom stereocenters. The number of aryl methyl sites for hydroxylation is 1. The van der Waals surface area contributed by atoms with Gasteiger partial charge in [0, 0.05) is 0 Å². The van der Waals surface area contributed by atoms with Gasteiger partial charge < -0.3 is 0 Å². The molecule has 0 amide bonds. The van der Waals surface area contributed by atoms with Crippen molar-refractivity contribution in [1.82, 2.24) is 0 Å². The van der Waals surface area contributed by atoms with E-state index in [9.17, 15) is 4.39 Å². The highest BCUT2D eigenvalue weighted by Gasteiger charge is 2.13. The van der Waals surface area contributed by atoms with Crippen molar-refractivity contribution in [3.05, 3.63) is 69.0 Å². The third kappa shape index (κ3) is 2.87. The molecule has 2 rings (SSSR count). The van der Waals surface area contributed by atoms with Crippen LogP contribution in [0.25, 0.3) is 0 Å². The third-order valence-electron chi connectivity index (χ3n) is 2.72. The average molecular weight is 348 g/mol. The first kappa shape index (κ1) is 13.9. The van der Waals surface area contributed by atoms with Crippen LogP contribution >= 0.6 is 39.1 Å². The standard InChI is InChI=1S/C14H10BrCl2F/c1-8-2-3-10(7-13(8)18)14(15)9-4-5-11(16)12(17)6-9/h2-7,14H,1H3. The van der Waals surface area contributed by atoms with Gasteiger partial charge in [-0.1, -0.05) is 57.3 Å². The van der Waals surface area contributed by atoms with Crippen molar-refractivity contribution in [2.75, 3.05) is 0 Å². The molecule has 2 aromatic carbocycles. The van der Waals surface area contributed by atoms with E-state index in [4.69, 9.17) is 23.2 Å². The van der Waals surface area contributed by atoms with Gasteiger partial charge in [0.2, 0.25) is 0 Å². The molecule has 0 spiro atoms. The number of hydrogen-bond acceptors (Lipinski definition) is 0. The molecule has 0 saturated carbocycles. The Morgan fingerprint density at radius 2 is 1.61 bits per heavy atom. The number of rotatable bonds is 2. The van der Waals surface area contributed by atoms with Crippen LogP contribution in [-0.2, 0) is 0 Å². The molecule has 4 heteroatoms. The lowest BCUT2D eigenvalue weighted by Crippen LogP contribution is -1.95. The van der Waals surface area contributed by atoms with Gasteiger partial charge in [-0.05, 0) is 41.8 Å².